The predicted octanol–water partition coefficient (Wildman–Crippen LogP) is 0.723. The number of hydrogen-bond donors (Lipinski definition) is 1. The number of nitrogens with zero attached hydrogens (tertiary/aromatic N) is 1. The lowest BCUT2D eigenvalue weighted by Crippen LogP contribution is -2.48. The van der Waals surface area contributed by atoms with Gasteiger partial charge in [0.05, 0.1) is 13.2 Å². The summed E-state index contributed by atoms with van der Waals surface area (Å²) in [6.45, 7) is 10.3. The normalized spacial score (nSPS) is 32.3. The molecule has 0 aromatic heterocycles. The van der Waals surface area contributed by atoms with Gasteiger partial charge in [0.2, 0.25) is 0 Å². The number of ether oxygens (including phenoxy) is 2. The van der Waals surface area contributed by atoms with Crippen molar-refractivity contribution in [3.8, 4) is 0 Å². The van der Waals surface area contributed by atoms with Crippen LogP contribution in [0.1, 0.15) is 19.8 Å². The molecular weight excluding hydrogens is 216 g/mol. The Balaban J connectivity index is 1.81. The highest BCUT2D eigenvalue weighted by atomic mass is 16.5. The molecule has 2 aliphatic heterocycles. The third-order valence-corrected chi connectivity index (χ3v) is 3.75. The molecule has 0 aromatic rings. The van der Waals surface area contributed by atoms with Crippen LogP contribution in [0.2, 0.25) is 0 Å². The van der Waals surface area contributed by atoms with Crippen LogP contribution in [-0.4, -0.2) is 63.5 Å². The smallest absolute Gasteiger partial charge is 0.0593 e. The molecule has 2 rings (SSSR count). The van der Waals surface area contributed by atoms with Gasteiger partial charge in [-0.15, -0.1) is 0 Å². The summed E-state index contributed by atoms with van der Waals surface area (Å²) in [5, 5.41) is 3.60. The summed E-state index contributed by atoms with van der Waals surface area (Å²) < 4.78 is 11.1. The second-order valence-electron chi connectivity index (χ2n) is 5.05. The van der Waals surface area contributed by atoms with E-state index in [0.717, 1.165) is 52.5 Å². The first-order chi connectivity index (χ1) is 8.40. The molecule has 2 fully saturated rings. The van der Waals surface area contributed by atoms with Crippen LogP contribution < -0.4 is 5.32 Å². The minimum atomic E-state index is 0.637. The van der Waals surface area contributed by atoms with Gasteiger partial charge in [0.1, 0.15) is 0 Å². The van der Waals surface area contributed by atoms with Crippen LogP contribution in [0.3, 0.4) is 0 Å². The second kappa shape index (κ2) is 7.31. The van der Waals surface area contributed by atoms with Crippen molar-refractivity contribution in [3.05, 3.63) is 0 Å². The second-order valence-corrected chi connectivity index (χ2v) is 5.05. The average molecular weight is 242 g/mol. The Morgan fingerprint density at radius 3 is 3.00 bits per heavy atom. The zero-order valence-electron chi connectivity index (χ0n) is 11.0. The Morgan fingerprint density at radius 2 is 2.12 bits per heavy atom. The van der Waals surface area contributed by atoms with Gasteiger partial charge < -0.3 is 19.7 Å². The van der Waals surface area contributed by atoms with Crippen LogP contribution >= 0.6 is 0 Å². The Kier molecular flexibility index (Phi) is 5.71. The van der Waals surface area contributed by atoms with E-state index in [9.17, 15) is 0 Å². The quantitative estimate of drug-likeness (QED) is 0.788. The van der Waals surface area contributed by atoms with E-state index in [1.165, 1.54) is 13.0 Å². The fraction of sp³-hybridized carbons (Fsp3) is 1.00. The number of nitrogens with one attached hydrogen (secondary N) is 1. The van der Waals surface area contributed by atoms with E-state index in [4.69, 9.17) is 9.47 Å². The Labute approximate surface area is 105 Å². The van der Waals surface area contributed by atoms with Gasteiger partial charge in [0, 0.05) is 44.8 Å². The van der Waals surface area contributed by atoms with Crippen molar-refractivity contribution in [1.29, 1.82) is 0 Å². The molecule has 2 unspecified atom stereocenters. The number of hydrogen-bond acceptors (Lipinski definition) is 4. The molecular formula is C13H26N2O2. The maximum atomic E-state index is 5.63. The molecule has 2 heterocycles. The molecule has 17 heavy (non-hydrogen) atoms. The van der Waals surface area contributed by atoms with E-state index in [-0.39, 0.29) is 0 Å². The third-order valence-electron chi connectivity index (χ3n) is 3.75. The molecule has 2 saturated heterocycles. The summed E-state index contributed by atoms with van der Waals surface area (Å²) in [4.78, 5) is 2.54. The summed E-state index contributed by atoms with van der Waals surface area (Å²) in [6, 6.07) is 0.637. The molecule has 0 radical (unpaired) electrons. The van der Waals surface area contributed by atoms with Gasteiger partial charge in [-0.3, -0.25) is 0 Å². The summed E-state index contributed by atoms with van der Waals surface area (Å²) in [5.41, 5.74) is 0. The lowest BCUT2D eigenvalue weighted by Gasteiger charge is -2.35. The van der Waals surface area contributed by atoms with Crippen LogP contribution in [0.25, 0.3) is 0 Å². The van der Waals surface area contributed by atoms with Gasteiger partial charge in [0.15, 0.2) is 0 Å². The average Bonchev–Trinajstić information content (AvgIpc) is 2.61. The molecule has 4 heteroatoms. The van der Waals surface area contributed by atoms with E-state index in [1.807, 2.05) is 0 Å². The maximum Gasteiger partial charge on any atom is 0.0593 e. The van der Waals surface area contributed by atoms with Crippen LogP contribution in [0.15, 0.2) is 0 Å². The van der Waals surface area contributed by atoms with Crippen molar-refractivity contribution in [2.24, 2.45) is 5.92 Å². The first-order valence-electron chi connectivity index (χ1n) is 7.01. The van der Waals surface area contributed by atoms with Gasteiger partial charge in [-0.2, -0.15) is 0 Å². The Bertz CT molecular complexity index is 204. The van der Waals surface area contributed by atoms with Crippen molar-refractivity contribution in [2.45, 2.75) is 25.8 Å². The molecule has 0 saturated carbocycles. The van der Waals surface area contributed by atoms with Crippen LogP contribution in [0.5, 0.6) is 0 Å². The Morgan fingerprint density at radius 1 is 1.18 bits per heavy atom. The van der Waals surface area contributed by atoms with E-state index < -0.39 is 0 Å². The van der Waals surface area contributed by atoms with E-state index in [1.54, 1.807) is 0 Å². The molecule has 0 aliphatic carbocycles. The standard InChI is InChI=1S/C13H26N2O2/c1-2-14-13-4-8-17-11-12(13)10-15-5-3-7-16-9-6-15/h12-14H,2-11H2,1H3. The lowest BCUT2D eigenvalue weighted by atomic mass is 9.95. The summed E-state index contributed by atoms with van der Waals surface area (Å²) in [5.74, 6) is 0.641. The summed E-state index contributed by atoms with van der Waals surface area (Å²) >= 11 is 0. The van der Waals surface area contributed by atoms with Crippen LogP contribution in [0, 0.1) is 5.92 Å². The summed E-state index contributed by atoms with van der Waals surface area (Å²) in [7, 11) is 0. The Hall–Kier alpha value is -0.160. The highest BCUT2D eigenvalue weighted by molar-refractivity contribution is 4.82. The number of rotatable bonds is 4. The van der Waals surface area contributed by atoms with Gasteiger partial charge in [0.25, 0.3) is 0 Å². The fourth-order valence-electron chi connectivity index (χ4n) is 2.82. The molecule has 2 aliphatic rings. The highest BCUT2D eigenvalue weighted by Crippen LogP contribution is 2.17. The van der Waals surface area contributed by atoms with Crippen LogP contribution in [0.4, 0.5) is 0 Å². The van der Waals surface area contributed by atoms with Gasteiger partial charge >= 0.3 is 0 Å². The molecule has 0 bridgehead atoms. The molecule has 1 N–H and O–H groups in total. The zero-order valence-corrected chi connectivity index (χ0v) is 11.0. The van der Waals surface area contributed by atoms with E-state index >= 15 is 0 Å². The van der Waals surface area contributed by atoms with Crippen molar-refractivity contribution < 1.29 is 9.47 Å². The van der Waals surface area contributed by atoms with Gasteiger partial charge in [-0.05, 0) is 19.4 Å². The van der Waals surface area contributed by atoms with Crippen molar-refractivity contribution in [1.82, 2.24) is 10.2 Å². The minimum Gasteiger partial charge on any atom is -0.381 e. The lowest BCUT2D eigenvalue weighted by molar-refractivity contribution is 0.0166. The molecule has 4 nitrogen and oxygen atoms in total. The highest BCUT2D eigenvalue weighted by Gasteiger charge is 2.27. The fourth-order valence-corrected chi connectivity index (χ4v) is 2.82. The van der Waals surface area contributed by atoms with E-state index in [0.29, 0.717) is 12.0 Å². The van der Waals surface area contributed by atoms with Crippen molar-refractivity contribution in [3.63, 3.8) is 0 Å². The molecule has 2 atom stereocenters. The van der Waals surface area contributed by atoms with Crippen molar-refractivity contribution in [2.75, 3.05) is 52.6 Å². The first kappa shape index (κ1) is 13.3. The summed E-state index contributed by atoms with van der Waals surface area (Å²) in [6.07, 6.45) is 2.32. The van der Waals surface area contributed by atoms with Crippen molar-refractivity contribution >= 4 is 0 Å². The monoisotopic (exact) mass is 242 g/mol. The molecule has 0 aromatic carbocycles. The maximum absolute atomic E-state index is 5.63. The third kappa shape index (κ3) is 4.21. The van der Waals surface area contributed by atoms with Gasteiger partial charge in [-0.25, -0.2) is 0 Å². The predicted molar refractivity (Wildman–Crippen MR) is 68.3 cm³/mol. The topological polar surface area (TPSA) is 33.7 Å². The van der Waals surface area contributed by atoms with Crippen LogP contribution in [-0.2, 0) is 9.47 Å². The largest absolute Gasteiger partial charge is 0.381 e. The molecule has 0 amide bonds. The molecule has 100 valence electrons. The first-order valence-corrected chi connectivity index (χ1v) is 7.01. The zero-order chi connectivity index (χ0) is 11.9. The minimum absolute atomic E-state index is 0.637. The van der Waals surface area contributed by atoms with Gasteiger partial charge in [-0.1, -0.05) is 6.92 Å². The SMILES string of the molecule is CCNC1CCOCC1CN1CCCOCC1. The van der Waals surface area contributed by atoms with E-state index in [2.05, 4.69) is 17.1 Å². The molecule has 0 spiro atoms.